The highest BCUT2D eigenvalue weighted by Gasteiger charge is 2.35. The number of ether oxygens (including phenoxy) is 1. The van der Waals surface area contributed by atoms with Crippen molar-refractivity contribution < 1.29 is 14.6 Å². The summed E-state index contributed by atoms with van der Waals surface area (Å²) in [6.07, 6.45) is -0.699. The number of aliphatic hydroxyl groups is 1. The van der Waals surface area contributed by atoms with Crippen molar-refractivity contribution in [2.24, 2.45) is 0 Å². The summed E-state index contributed by atoms with van der Waals surface area (Å²) < 4.78 is 5.26. The van der Waals surface area contributed by atoms with Crippen LogP contribution in [-0.4, -0.2) is 11.1 Å². The Labute approximate surface area is 120 Å². The van der Waals surface area contributed by atoms with Gasteiger partial charge in [-0.1, -0.05) is 60.3 Å². The molecule has 2 aromatic rings. The van der Waals surface area contributed by atoms with Gasteiger partial charge in [0, 0.05) is 10.5 Å². The van der Waals surface area contributed by atoms with Gasteiger partial charge in [-0.15, -0.1) is 0 Å². The first-order chi connectivity index (χ1) is 9.75. The highest BCUT2D eigenvalue weighted by molar-refractivity contribution is 8.04. The lowest BCUT2D eigenvalue weighted by atomic mass is 10.1. The van der Waals surface area contributed by atoms with Gasteiger partial charge in [-0.2, -0.15) is 0 Å². The molecule has 0 saturated heterocycles. The van der Waals surface area contributed by atoms with E-state index in [4.69, 9.17) is 4.74 Å². The maximum Gasteiger partial charge on any atom is 0.349 e. The van der Waals surface area contributed by atoms with Gasteiger partial charge in [0.1, 0.15) is 4.91 Å². The molecule has 1 aliphatic heterocycles. The Hall–Kier alpha value is -2.20. The molecule has 1 aliphatic rings. The lowest BCUT2D eigenvalue weighted by Gasteiger charge is -2.09. The molecule has 3 rings (SSSR count). The van der Waals surface area contributed by atoms with Crippen LogP contribution in [0, 0.1) is 0 Å². The van der Waals surface area contributed by atoms with E-state index in [2.05, 4.69) is 0 Å². The summed E-state index contributed by atoms with van der Waals surface area (Å²) in [6, 6.07) is 18.6. The van der Waals surface area contributed by atoms with Crippen LogP contribution in [0.15, 0.2) is 76.2 Å². The molecule has 4 heteroatoms. The van der Waals surface area contributed by atoms with Gasteiger partial charge >= 0.3 is 5.97 Å². The van der Waals surface area contributed by atoms with Crippen molar-refractivity contribution in [2.75, 3.05) is 0 Å². The molecule has 1 N–H and O–H groups in total. The topological polar surface area (TPSA) is 46.5 Å². The lowest BCUT2D eigenvalue weighted by molar-refractivity contribution is -0.139. The SMILES string of the molecule is O=C1OC(c2ccccc2)C(O)=C1Sc1ccccc1. The molecular formula is C16H12O3S. The zero-order valence-corrected chi connectivity index (χ0v) is 11.3. The van der Waals surface area contributed by atoms with Crippen LogP contribution in [0.2, 0.25) is 0 Å². The van der Waals surface area contributed by atoms with E-state index >= 15 is 0 Å². The van der Waals surface area contributed by atoms with Crippen LogP contribution in [-0.2, 0) is 9.53 Å². The molecule has 1 heterocycles. The van der Waals surface area contributed by atoms with E-state index in [0.717, 1.165) is 10.5 Å². The number of cyclic esters (lactones) is 1. The molecule has 0 aliphatic carbocycles. The largest absolute Gasteiger partial charge is 0.507 e. The fraction of sp³-hybridized carbons (Fsp3) is 0.0625. The predicted molar refractivity (Wildman–Crippen MR) is 77.2 cm³/mol. The molecule has 1 unspecified atom stereocenters. The number of rotatable bonds is 3. The Morgan fingerprint density at radius 1 is 0.950 bits per heavy atom. The quantitative estimate of drug-likeness (QED) is 0.870. The number of aliphatic hydroxyl groups excluding tert-OH is 1. The fourth-order valence-electron chi connectivity index (χ4n) is 1.99. The van der Waals surface area contributed by atoms with Gasteiger partial charge < -0.3 is 9.84 Å². The van der Waals surface area contributed by atoms with Crippen molar-refractivity contribution in [1.82, 2.24) is 0 Å². The minimum Gasteiger partial charge on any atom is -0.507 e. The van der Waals surface area contributed by atoms with Gasteiger partial charge in [-0.3, -0.25) is 0 Å². The monoisotopic (exact) mass is 284 g/mol. The molecule has 0 saturated carbocycles. The Bertz CT molecular complexity index is 650. The van der Waals surface area contributed by atoms with Crippen LogP contribution >= 0.6 is 11.8 Å². The van der Waals surface area contributed by atoms with Crippen LogP contribution < -0.4 is 0 Å². The molecule has 0 aromatic heterocycles. The summed E-state index contributed by atoms with van der Waals surface area (Å²) in [5.41, 5.74) is 0.766. The minimum atomic E-state index is -0.699. The number of hydrogen-bond donors (Lipinski definition) is 1. The summed E-state index contributed by atoms with van der Waals surface area (Å²) in [7, 11) is 0. The Balaban J connectivity index is 1.90. The van der Waals surface area contributed by atoms with Crippen molar-refractivity contribution in [1.29, 1.82) is 0 Å². The van der Waals surface area contributed by atoms with Crippen LogP contribution in [0.5, 0.6) is 0 Å². The number of thioether (sulfide) groups is 1. The third-order valence-electron chi connectivity index (χ3n) is 2.96. The highest BCUT2D eigenvalue weighted by atomic mass is 32.2. The normalized spacial score (nSPS) is 18.2. The van der Waals surface area contributed by atoms with Crippen LogP contribution in [0.4, 0.5) is 0 Å². The maximum absolute atomic E-state index is 11.9. The molecule has 0 spiro atoms. The number of esters is 1. The first kappa shape index (κ1) is 12.8. The summed E-state index contributed by atoms with van der Waals surface area (Å²) in [6.45, 7) is 0. The summed E-state index contributed by atoms with van der Waals surface area (Å²) in [5.74, 6) is -0.500. The fourth-order valence-corrected chi connectivity index (χ4v) is 2.87. The van der Waals surface area contributed by atoms with Crippen LogP contribution in [0.1, 0.15) is 11.7 Å². The number of benzene rings is 2. The maximum atomic E-state index is 11.9. The van der Waals surface area contributed by atoms with Gasteiger partial charge in [0.25, 0.3) is 0 Å². The van der Waals surface area contributed by atoms with Crippen LogP contribution in [0.3, 0.4) is 0 Å². The van der Waals surface area contributed by atoms with E-state index in [1.165, 1.54) is 11.8 Å². The second-order valence-corrected chi connectivity index (χ2v) is 5.41. The Morgan fingerprint density at radius 3 is 2.20 bits per heavy atom. The van der Waals surface area contributed by atoms with E-state index in [-0.39, 0.29) is 10.7 Å². The molecule has 100 valence electrons. The second kappa shape index (κ2) is 5.43. The molecule has 0 amide bonds. The average molecular weight is 284 g/mol. The molecule has 0 radical (unpaired) electrons. The molecule has 1 atom stereocenters. The second-order valence-electron chi connectivity index (χ2n) is 4.33. The van der Waals surface area contributed by atoms with E-state index in [1.807, 2.05) is 60.7 Å². The van der Waals surface area contributed by atoms with Crippen molar-refractivity contribution in [2.45, 2.75) is 11.0 Å². The number of hydrogen-bond acceptors (Lipinski definition) is 4. The van der Waals surface area contributed by atoms with Gasteiger partial charge in [0.05, 0.1) is 0 Å². The van der Waals surface area contributed by atoms with Crippen molar-refractivity contribution >= 4 is 17.7 Å². The van der Waals surface area contributed by atoms with E-state index in [9.17, 15) is 9.90 Å². The standard InChI is InChI=1S/C16H12O3S/c17-13-14(11-7-3-1-4-8-11)19-16(18)15(13)20-12-9-5-2-6-10-12/h1-10,14,17H. The molecule has 2 aromatic carbocycles. The van der Waals surface area contributed by atoms with Crippen LogP contribution in [0.25, 0.3) is 0 Å². The van der Waals surface area contributed by atoms with Gasteiger partial charge in [0.2, 0.25) is 0 Å². The molecule has 3 nitrogen and oxygen atoms in total. The summed E-state index contributed by atoms with van der Waals surface area (Å²) in [4.78, 5) is 13.1. The summed E-state index contributed by atoms with van der Waals surface area (Å²) >= 11 is 1.22. The lowest BCUT2D eigenvalue weighted by Crippen LogP contribution is -2.02. The Morgan fingerprint density at radius 2 is 1.55 bits per heavy atom. The first-order valence-electron chi connectivity index (χ1n) is 6.17. The third-order valence-corrected chi connectivity index (χ3v) is 4.04. The molecule has 0 fully saturated rings. The highest BCUT2D eigenvalue weighted by Crippen LogP contribution is 2.40. The predicted octanol–water partition coefficient (Wildman–Crippen LogP) is 3.85. The zero-order valence-electron chi connectivity index (χ0n) is 10.5. The number of carbonyl (C=O) groups excluding carboxylic acids is 1. The molecular weight excluding hydrogens is 272 g/mol. The zero-order chi connectivity index (χ0) is 13.9. The van der Waals surface area contributed by atoms with E-state index in [1.54, 1.807) is 0 Å². The minimum absolute atomic E-state index is 0.0185. The van der Waals surface area contributed by atoms with E-state index < -0.39 is 12.1 Å². The van der Waals surface area contributed by atoms with Gasteiger partial charge in [0.15, 0.2) is 11.9 Å². The van der Waals surface area contributed by atoms with Gasteiger partial charge in [-0.05, 0) is 12.1 Å². The number of carbonyl (C=O) groups is 1. The van der Waals surface area contributed by atoms with E-state index in [0.29, 0.717) is 0 Å². The molecule has 20 heavy (non-hydrogen) atoms. The summed E-state index contributed by atoms with van der Waals surface area (Å²) in [5, 5.41) is 10.2. The van der Waals surface area contributed by atoms with Crippen molar-refractivity contribution in [3.8, 4) is 0 Å². The van der Waals surface area contributed by atoms with Gasteiger partial charge in [-0.25, -0.2) is 4.79 Å². The Kier molecular flexibility index (Phi) is 3.48. The third kappa shape index (κ3) is 2.42. The average Bonchev–Trinajstić information content (AvgIpc) is 2.77. The first-order valence-corrected chi connectivity index (χ1v) is 6.99. The van der Waals surface area contributed by atoms with Crippen molar-refractivity contribution in [3.05, 3.63) is 76.9 Å². The smallest absolute Gasteiger partial charge is 0.349 e. The van der Waals surface area contributed by atoms with Crippen molar-refractivity contribution in [3.63, 3.8) is 0 Å². The molecule has 0 bridgehead atoms.